The van der Waals surface area contributed by atoms with Crippen molar-refractivity contribution in [3.05, 3.63) is 52.8 Å². The molecule has 2 aliphatic rings. The van der Waals surface area contributed by atoms with E-state index < -0.39 is 0 Å². The number of piperazine rings is 1. The van der Waals surface area contributed by atoms with Crippen molar-refractivity contribution in [2.45, 2.75) is 32.5 Å². The van der Waals surface area contributed by atoms with Crippen molar-refractivity contribution in [1.82, 2.24) is 24.9 Å². The molecule has 174 valence electrons. The van der Waals surface area contributed by atoms with Crippen LogP contribution in [0.5, 0.6) is 0 Å². The normalized spacial score (nSPS) is 17.3. The van der Waals surface area contributed by atoms with Gasteiger partial charge in [0.1, 0.15) is 0 Å². The van der Waals surface area contributed by atoms with Gasteiger partial charge in [-0.1, -0.05) is 30.3 Å². The van der Waals surface area contributed by atoms with Crippen LogP contribution in [-0.2, 0) is 35.6 Å². The zero-order valence-electron chi connectivity index (χ0n) is 19.1. The number of aromatic nitrogens is 2. The molecule has 0 spiro atoms. The predicted octanol–water partition coefficient (Wildman–Crippen LogP) is 1.54. The summed E-state index contributed by atoms with van der Waals surface area (Å²) in [6.45, 7) is 9.38. The highest BCUT2D eigenvalue weighted by atomic mass is 16.5. The molecule has 0 saturated carbocycles. The number of rotatable bonds is 10. The van der Waals surface area contributed by atoms with Crippen LogP contribution in [0, 0.1) is 0 Å². The average Bonchev–Trinajstić information content (AvgIpc) is 3.21. The van der Waals surface area contributed by atoms with Crippen molar-refractivity contribution in [2.75, 3.05) is 59.6 Å². The molecule has 32 heavy (non-hydrogen) atoms. The number of nitrogens with zero attached hydrogens (tertiary/aromatic N) is 4. The van der Waals surface area contributed by atoms with Crippen LogP contribution in [0.1, 0.15) is 33.7 Å². The molecule has 1 amide bonds. The largest absolute Gasteiger partial charge is 0.383 e. The zero-order chi connectivity index (χ0) is 22.2. The first kappa shape index (κ1) is 22.9. The molecule has 0 bridgehead atoms. The molecule has 1 saturated heterocycles. The van der Waals surface area contributed by atoms with Crippen LogP contribution in [0.25, 0.3) is 0 Å². The Bertz CT molecular complexity index is 862. The third-order valence-corrected chi connectivity index (χ3v) is 6.27. The fraction of sp³-hybridized carbons (Fsp3) is 0.583. The van der Waals surface area contributed by atoms with Crippen molar-refractivity contribution < 1.29 is 14.3 Å². The Morgan fingerprint density at radius 3 is 2.69 bits per heavy atom. The van der Waals surface area contributed by atoms with Gasteiger partial charge in [0.2, 0.25) is 0 Å². The molecule has 1 aromatic heterocycles. The molecule has 8 heteroatoms. The average molecular weight is 442 g/mol. The number of fused-ring (bicyclic) bond motifs is 1. The minimum atomic E-state index is -0.101. The summed E-state index contributed by atoms with van der Waals surface area (Å²) in [5.74, 6) is -0.101. The summed E-state index contributed by atoms with van der Waals surface area (Å²) < 4.78 is 12.7. The van der Waals surface area contributed by atoms with E-state index in [1.54, 1.807) is 7.11 Å². The van der Waals surface area contributed by atoms with Gasteiger partial charge in [-0.2, -0.15) is 5.10 Å². The third kappa shape index (κ3) is 5.95. The van der Waals surface area contributed by atoms with E-state index in [0.29, 0.717) is 38.6 Å². The fourth-order valence-corrected chi connectivity index (χ4v) is 4.45. The summed E-state index contributed by atoms with van der Waals surface area (Å²) in [6.07, 6.45) is 1.73. The van der Waals surface area contributed by atoms with Crippen molar-refractivity contribution >= 4 is 5.91 Å². The molecule has 1 N–H and O–H groups in total. The first-order chi connectivity index (χ1) is 15.7. The summed E-state index contributed by atoms with van der Waals surface area (Å²) in [5, 5.41) is 7.63. The number of hydrogen-bond acceptors (Lipinski definition) is 6. The van der Waals surface area contributed by atoms with Crippen LogP contribution in [0.15, 0.2) is 30.3 Å². The maximum atomic E-state index is 12.8. The Balaban J connectivity index is 1.19. The van der Waals surface area contributed by atoms with Gasteiger partial charge in [0, 0.05) is 64.1 Å². The van der Waals surface area contributed by atoms with Crippen LogP contribution in [-0.4, -0.2) is 85.1 Å². The molecule has 0 aliphatic carbocycles. The van der Waals surface area contributed by atoms with Crippen LogP contribution in [0.4, 0.5) is 0 Å². The Kier molecular flexibility index (Phi) is 8.28. The van der Waals surface area contributed by atoms with Crippen molar-refractivity contribution in [1.29, 1.82) is 0 Å². The summed E-state index contributed by atoms with van der Waals surface area (Å²) in [6, 6.07) is 10.7. The lowest BCUT2D eigenvalue weighted by Crippen LogP contribution is -2.46. The van der Waals surface area contributed by atoms with Gasteiger partial charge in [-0.25, -0.2) is 0 Å². The highest BCUT2D eigenvalue weighted by molar-refractivity contribution is 5.94. The van der Waals surface area contributed by atoms with E-state index in [9.17, 15) is 4.79 Å². The van der Waals surface area contributed by atoms with Crippen molar-refractivity contribution in [3.8, 4) is 0 Å². The monoisotopic (exact) mass is 441 g/mol. The molecular weight excluding hydrogens is 406 g/mol. The molecule has 1 aromatic carbocycles. The fourth-order valence-electron chi connectivity index (χ4n) is 4.45. The molecule has 0 radical (unpaired) electrons. The Morgan fingerprint density at radius 1 is 1.12 bits per heavy atom. The SMILES string of the molecule is COCCn1nc(C(=O)NCCCN2CCN(Cc3ccccc3)CC2)c2c1CCOC2. The maximum absolute atomic E-state index is 12.8. The van der Waals surface area contributed by atoms with Gasteiger partial charge in [-0.15, -0.1) is 0 Å². The van der Waals surface area contributed by atoms with E-state index in [2.05, 4.69) is 50.5 Å². The van der Waals surface area contributed by atoms with Gasteiger partial charge in [-0.3, -0.25) is 14.4 Å². The van der Waals surface area contributed by atoms with Crippen molar-refractivity contribution in [3.63, 3.8) is 0 Å². The highest BCUT2D eigenvalue weighted by Gasteiger charge is 2.25. The zero-order valence-corrected chi connectivity index (χ0v) is 19.1. The van der Waals surface area contributed by atoms with Crippen LogP contribution in [0.3, 0.4) is 0 Å². The summed E-state index contributed by atoms with van der Waals surface area (Å²) in [4.78, 5) is 17.8. The lowest BCUT2D eigenvalue weighted by molar-refractivity contribution is 0.0919. The molecule has 8 nitrogen and oxygen atoms in total. The van der Waals surface area contributed by atoms with E-state index in [1.807, 2.05) is 4.68 Å². The van der Waals surface area contributed by atoms with Crippen molar-refractivity contribution in [2.24, 2.45) is 0 Å². The number of benzene rings is 1. The Morgan fingerprint density at radius 2 is 1.91 bits per heavy atom. The standard InChI is InChI=1S/C24H35N5O3/c1-31-17-15-29-22-8-16-32-19-21(22)23(26-29)24(30)25-9-5-10-27-11-13-28(14-12-27)18-20-6-3-2-4-7-20/h2-4,6-7H,5,8-19H2,1H3,(H,25,30). The van der Waals surface area contributed by atoms with Crippen LogP contribution in [0.2, 0.25) is 0 Å². The van der Waals surface area contributed by atoms with Gasteiger partial charge in [-0.05, 0) is 18.5 Å². The lowest BCUT2D eigenvalue weighted by atomic mass is 10.1. The Labute approximate surface area is 190 Å². The summed E-state index contributed by atoms with van der Waals surface area (Å²) in [5.41, 5.74) is 3.91. The second kappa shape index (κ2) is 11.6. The number of methoxy groups -OCH3 is 1. The van der Waals surface area contributed by atoms with Gasteiger partial charge in [0.15, 0.2) is 5.69 Å². The van der Waals surface area contributed by atoms with E-state index in [0.717, 1.165) is 63.4 Å². The van der Waals surface area contributed by atoms with Gasteiger partial charge in [0.25, 0.3) is 5.91 Å². The molecule has 0 unspecified atom stereocenters. The molecule has 3 heterocycles. The summed E-state index contributed by atoms with van der Waals surface area (Å²) in [7, 11) is 1.68. The number of hydrogen-bond donors (Lipinski definition) is 1. The number of carbonyl (C=O) groups is 1. The molecule has 4 rings (SSSR count). The molecular formula is C24H35N5O3. The van der Waals surface area contributed by atoms with Crippen LogP contribution >= 0.6 is 0 Å². The number of ether oxygens (including phenoxy) is 2. The van der Waals surface area contributed by atoms with Gasteiger partial charge in [0.05, 0.1) is 26.4 Å². The maximum Gasteiger partial charge on any atom is 0.272 e. The van der Waals surface area contributed by atoms with E-state index in [4.69, 9.17) is 9.47 Å². The minimum absolute atomic E-state index is 0.101. The number of nitrogens with one attached hydrogen (secondary N) is 1. The van der Waals surface area contributed by atoms with Crippen LogP contribution < -0.4 is 5.32 Å². The molecule has 2 aliphatic heterocycles. The van der Waals surface area contributed by atoms with E-state index >= 15 is 0 Å². The van der Waals surface area contributed by atoms with Gasteiger partial charge < -0.3 is 19.7 Å². The van der Waals surface area contributed by atoms with Gasteiger partial charge >= 0.3 is 0 Å². The quantitative estimate of drug-likeness (QED) is 0.564. The van der Waals surface area contributed by atoms with E-state index in [-0.39, 0.29) is 5.91 Å². The number of amides is 1. The molecule has 1 fully saturated rings. The first-order valence-electron chi connectivity index (χ1n) is 11.7. The molecule has 0 atom stereocenters. The second-order valence-electron chi connectivity index (χ2n) is 8.51. The number of carbonyl (C=O) groups excluding carboxylic acids is 1. The van der Waals surface area contributed by atoms with E-state index in [1.165, 1.54) is 5.56 Å². The topological polar surface area (TPSA) is 71.9 Å². The lowest BCUT2D eigenvalue weighted by Gasteiger charge is -2.34. The molecule has 2 aromatic rings. The predicted molar refractivity (Wildman–Crippen MR) is 123 cm³/mol. The second-order valence-corrected chi connectivity index (χ2v) is 8.51. The first-order valence-corrected chi connectivity index (χ1v) is 11.7. The highest BCUT2D eigenvalue weighted by Crippen LogP contribution is 2.21. The third-order valence-electron chi connectivity index (χ3n) is 6.27. The minimum Gasteiger partial charge on any atom is -0.383 e. The Hall–Kier alpha value is -2.26. The smallest absolute Gasteiger partial charge is 0.272 e. The summed E-state index contributed by atoms with van der Waals surface area (Å²) >= 11 is 0.